The maximum absolute atomic E-state index is 5.96. The number of nitrogens with one attached hydrogen (secondary N) is 1. The molecule has 4 heteroatoms. The molecule has 3 aromatic rings. The van der Waals surface area contributed by atoms with Gasteiger partial charge in [0.25, 0.3) is 0 Å². The average Bonchev–Trinajstić information content (AvgIpc) is 2.61. The van der Waals surface area contributed by atoms with Crippen LogP contribution >= 0.6 is 11.6 Å². The lowest BCUT2D eigenvalue weighted by molar-refractivity contribution is 0.478. The molecule has 0 aliphatic heterocycles. The molecule has 0 fully saturated rings. The van der Waals surface area contributed by atoms with Crippen molar-refractivity contribution >= 4 is 23.5 Å². The lowest BCUT2D eigenvalue weighted by Gasteiger charge is -2.10. The number of hydrazone groups is 1. The Morgan fingerprint density at radius 2 is 1.72 bits per heavy atom. The smallest absolute Gasteiger partial charge is 0.130 e. The summed E-state index contributed by atoms with van der Waals surface area (Å²) < 4.78 is 5.96. The van der Waals surface area contributed by atoms with Gasteiger partial charge in [-0.3, -0.25) is 5.43 Å². The molecule has 25 heavy (non-hydrogen) atoms. The number of benzene rings is 3. The third-order valence-electron chi connectivity index (χ3n) is 3.89. The summed E-state index contributed by atoms with van der Waals surface area (Å²) in [6.07, 6.45) is 1.75. The van der Waals surface area contributed by atoms with Gasteiger partial charge in [0.05, 0.1) is 11.9 Å². The van der Waals surface area contributed by atoms with Crippen molar-refractivity contribution in [3.63, 3.8) is 0 Å². The zero-order valence-corrected chi connectivity index (χ0v) is 14.9. The molecule has 0 aliphatic rings. The third kappa shape index (κ3) is 4.61. The minimum atomic E-state index is 0.674. The number of nitrogens with zero attached hydrogens (tertiary/aromatic N) is 1. The van der Waals surface area contributed by atoms with Gasteiger partial charge in [-0.15, -0.1) is 0 Å². The number of hydrogen-bond acceptors (Lipinski definition) is 3. The van der Waals surface area contributed by atoms with Crippen LogP contribution in [0.5, 0.6) is 11.5 Å². The molecule has 0 saturated carbocycles. The lowest BCUT2D eigenvalue weighted by atomic mass is 10.1. The Hall–Kier alpha value is -2.78. The zero-order valence-electron chi connectivity index (χ0n) is 14.2. The van der Waals surface area contributed by atoms with Crippen LogP contribution in [0.1, 0.15) is 16.7 Å². The van der Waals surface area contributed by atoms with Crippen LogP contribution in [0.25, 0.3) is 0 Å². The van der Waals surface area contributed by atoms with Crippen molar-refractivity contribution in [2.24, 2.45) is 5.10 Å². The molecule has 3 nitrogen and oxygen atoms in total. The van der Waals surface area contributed by atoms with Crippen molar-refractivity contribution in [3.8, 4) is 11.5 Å². The van der Waals surface area contributed by atoms with Gasteiger partial charge in [-0.1, -0.05) is 29.8 Å². The highest BCUT2D eigenvalue weighted by atomic mass is 35.5. The Balaban J connectivity index is 1.64. The molecule has 0 heterocycles. The molecule has 0 amide bonds. The van der Waals surface area contributed by atoms with Gasteiger partial charge >= 0.3 is 0 Å². The van der Waals surface area contributed by atoms with Gasteiger partial charge in [0.2, 0.25) is 0 Å². The zero-order chi connectivity index (χ0) is 17.6. The molecule has 0 unspecified atom stereocenters. The van der Waals surface area contributed by atoms with E-state index in [9.17, 15) is 0 Å². The van der Waals surface area contributed by atoms with E-state index in [1.807, 2.05) is 60.7 Å². The number of hydrogen-bond donors (Lipinski definition) is 1. The Kier molecular flexibility index (Phi) is 5.36. The monoisotopic (exact) mass is 350 g/mol. The molecule has 126 valence electrons. The normalized spacial score (nSPS) is 10.8. The molecule has 0 spiro atoms. The van der Waals surface area contributed by atoms with Crippen LogP contribution in [-0.4, -0.2) is 6.21 Å². The van der Waals surface area contributed by atoms with Gasteiger partial charge in [0, 0.05) is 5.02 Å². The van der Waals surface area contributed by atoms with Crippen molar-refractivity contribution in [1.29, 1.82) is 0 Å². The largest absolute Gasteiger partial charge is 0.457 e. The van der Waals surface area contributed by atoms with Gasteiger partial charge in [-0.05, 0) is 79.1 Å². The second kappa shape index (κ2) is 7.86. The first kappa shape index (κ1) is 17.1. The summed E-state index contributed by atoms with van der Waals surface area (Å²) in [5.74, 6) is 1.68. The van der Waals surface area contributed by atoms with E-state index in [0.717, 1.165) is 28.3 Å². The van der Waals surface area contributed by atoms with Crippen molar-refractivity contribution in [3.05, 3.63) is 88.4 Å². The van der Waals surface area contributed by atoms with Crippen LogP contribution in [0.4, 0.5) is 5.69 Å². The maximum atomic E-state index is 5.96. The lowest BCUT2D eigenvalue weighted by Crippen LogP contribution is -1.92. The van der Waals surface area contributed by atoms with Crippen LogP contribution in [0, 0.1) is 13.8 Å². The third-order valence-corrected chi connectivity index (χ3v) is 4.13. The fourth-order valence-electron chi connectivity index (χ4n) is 2.32. The first-order valence-electron chi connectivity index (χ1n) is 8.00. The first-order valence-corrected chi connectivity index (χ1v) is 8.38. The molecule has 0 saturated heterocycles. The standard InChI is InChI=1S/C21H19ClN2O/c1-15-5-3-8-21(16(15)2)25-20-11-9-17(10-12-20)14-23-24-19-7-4-6-18(22)13-19/h3-14,24H,1-2H3. The molecule has 0 aliphatic carbocycles. The van der Waals surface area contributed by atoms with E-state index in [-0.39, 0.29) is 0 Å². The molecule has 3 aromatic carbocycles. The minimum absolute atomic E-state index is 0.674. The van der Waals surface area contributed by atoms with Crippen LogP contribution in [-0.2, 0) is 0 Å². The van der Waals surface area contributed by atoms with Crippen molar-refractivity contribution < 1.29 is 4.74 Å². The van der Waals surface area contributed by atoms with Crippen molar-refractivity contribution in [2.75, 3.05) is 5.43 Å². The number of anilines is 1. The summed E-state index contributed by atoms with van der Waals surface area (Å²) >= 11 is 5.94. The van der Waals surface area contributed by atoms with Gasteiger partial charge < -0.3 is 4.74 Å². The Morgan fingerprint density at radius 3 is 2.48 bits per heavy atom. The average molecular weight is 351 g/mol. The molecule has 3 rings (SSSR count). The predicted octanol–water partition coefficient (Wildman–Crippen LogP) is 6.20. The van der Waals surface area contributed by atoms with Gasteiger partial charge in [-0.2, -0.15) is 5.10 Å². The topological polar surface area (TPSA) is 33.6 Å². The van der Waals surface area contributed by atoms with E-state index in [1.165, 1.54) is 5.56 Å². The summed E-state index contributed by atoms with van der Waals surface area (Å²) in [6, 6.07) is 21.3. The predicted molar refractivity (Wildman–Crippen MR) is 105 cm³/mol. The minimum Gasteiger partial charge on any atom is -0.457 e. The molecule has 1 N–H and O–H groups in total. The Morgan fingerprint density at radius 1 is 0.960 bits per heavy atom. The SMILES string of the molecule is Cc1cccc(Oc2ccc(C=NNc3cccc(Cl)c3)cc2)c1C. The van der Waals surface area contributed by atoms with Crippen LogP contribution in [0.2, 0.25) is 5.02 Å². The Bertz CT molecular complexity index is 889. The van der Waals surface area contributed by atoms with Gasteiger partial charge in [0.15, 0.2) is 0 Å². The number of ether oxygens (including phenoxy) is 1. The molecule has 0 atom stereocenters. The number of halogens is 1. The van der Waals surface area contributed by atoms with E-state index in [1.54, 1.807) is 6.21 Å². The van der Waals surface area contributed by atoms with Crippen LogP contribution in [0.15, 0.2) is 71.8 Å². The summed E-state index contributed by atoms with van der Waals surface area (Å²) in [5.41, 5.74) is 7.14. The second-order valence-corrected chi connectivity index (χ2v) is 6.19. The molecule has 0 aromatic heterocycles. The van der Waals surface area contributed by atoms with E-state index in [0.29, 0.717) is 5.02 Å². The quantitative estimate of drug-likeness (QED) is 0.439. The van der Waals surface area contributed by atoms with E-state index < -0.39 is 0 Å². The number of aryl methyl sites for hydroxylation is 1. The van der Waals surface area contributed by atoms with Crippen LogP contribution in [0.3, 0.4) is 0 Å². The van der Waals surface area contributed by atoms with E-state index in [4.69, 9.17) is 16.3 Å². The fourth-order valence-corrected chi connectivity index (χ4v) is 2.51. The summed E-state index contributed by atoms with van der Waals surface area (Å²) in [4.78, 5) is 0. The molecular weight excluding hydrogens is 332 g/mol. The highest BCUT2D eigenvalue weighted by Crippen LogP contribution is 2.26. The summed E-state index contributed by atoms with van der Waals surface area (Å²) in [7, 11) is 0. The summed E-state index contributed by atoms with van der Waals surface area (Å²) in [5, 5.41) is 4.89. The highest BCUT2D eigenvalue weighted by molar-refractivity contribution is 6.30. The van der Waals surface area contributed by atoms with Crippen LogP contribution < -0.4 is 10.2 Å². The molecular formula is C21H19ClN2O. The fraction of sp³-hybridized carbons (Fsp3) is 0.0952. The van der Waals surface area contributed by atoms with E-state index in [2.05, 4.69) is 30.4 Å². The number of rotatable bonds is 5. The molecule has 0 radical (unpaired) electrons. The highest BCUT2D eigenvalue weighted by Gasteiger charge is 2.03. The second-order valence-electron chi connectivity index (χ2n) is 5.75. The van der Waals surface area contributed by atoms with E-state index >= 15 is 0 Å². The van der Waals surface area contributed by atoms with Gasteiger partial charge in [0.1, 0.15) is 11.5 Å². The summed E-state index contributed by atoms with van der Waals surface area (Å²) in [6.45, 7) is 4.14. The van der Waals surface area contributed by atoms with Gasteiger partial charge in [-0.25, -0.2) is 0 Å². The van der Waals surface area contributed by atoms with Crippen molar-refractivity contribution in [2.45, 2.75) is 13.8 Å². The Labute approximate surface area is 152 Å². The first-order chi connectivity index (χ1) is 12.1. The van der Waals surface area contributed by atoms with Crippen molar-refractivity contribution in [1.82, 2.24) is 0 Å². The maximum Gasteiger partial charge on any atom is 0.130 e. The molecule has 0 bridgehead atoms.